The van der Waals surface area contributed by atoms with Crippen molar-refractivity contribution in [3.8, 4) is 5.75 Å². The Labute approximate surface area is 145 Å². The number of benzene rings is 1. The van der Waals surface area contributed by atoms with Crippen LogP contribution in [-0.2, 0) is 16.6 Å². The number of nitrogens with one attached hydrogen (secondary N) is 1. The average Bonchev–Trinajstić information content (AvgIpc) is 2.65. The van der Waals surface area contributed by atoms with Crippen molar-refractivity contribution in [3.05, 3.63) is 44.9 Å². The zero-order chi connectivity index (χ0) is 17.6. The molecule has 25 heavy (non-hydrogen) atoms. The molecule has 1 heterocycles. The van der Waals surface area contributed by atoms with Gasteiger partial charge in [0.15, 0.2) is 5.69 Å². The predicted molar refractivity (Wildman–Crippen MR) is 93.0 cm³/mol. The van der Waals surface area contributed by atoms with Crippen LogP contribution in [-0.4, -0.2) is 32.8 Å². The lowest BCUT2D eigenvalue weighted by Crippen LogP contribution is -2.60. The summed E-state index contributed by atoms with van der Waals surface area (Å²) in [4.78, 5) is 23.1. The van der Waals surface area contributed by atoms with E-state index >= 15 is 0 Å². The van der Waals surface area contributed by atoms with E-state index in [1.165, 1.54) is 0 Å². The zero-order valence-electron chi connectivity index (χ0n) is 14.3. The van der Waals surface area contributed by atoms with Crippen molar-refractivity contribution < 1.29 is 9.47 Å². The molecule has 1 saturated heterocycles. The first kappa shape index (κ1) is 16.2. The summed E-state index contributed by atoms with van der Waals surface area (Å²) in [5.41, 5.74) is 2.05. The lowest BCUT2D eigenvalue weighted by Gasteiger charge is -2.55. The van der Waals surface area contributed by atoms with Crippen molar-refractivity contribution in [3.63, 3.8) is 0 Å². The Morgan fingerprint density at radius 2 is 2.08 bits per heavy atom. The number of fused-ring (bicyclic) bond motifs is 1. The van der Waals surface area contributed by atoms with Crippen LogP contribution in [0.3, 0.4) is 0 Å². The summed E-state index contributed by atoms with van der Waals surface area (Å²) in [6.07, 6.45) is 4.18. The van der Waals surface area contributed by atoms with Gasteiger partial charge in [0.05, 0.1) is 14.2 Å². The summed E-state index contributed by atoms with van der Waals surface area (Å²) in [6.45, 7) is 0.831. The van der Waals surface area contributed by atoms with Crippen molar-refractivity contribution in [1.82, 2.24) is 5.32 Å². The van der Waals surface area contributed by atoms with Gasteiger partial charge in [0, 0.05) is 17.4 Å². The highest BCUT2D eigenvalue weighted by atomic mass is 16.5. The number of methoxy groups -OCH3 is 2. The second-order valence-electron chi connectivity index (χ2n) is 7.04. The van der Waals surface area contributed by atoms with Gasteiger partial charge in [-0.2, -0.15) is 4.91 Å². The van der Waals surface area contributed by atoms with Crippen LogP contribution in [0.2, 0.25) is 0 Å². The second kappa shape index (κ2) is 5.91. The van der Waals surface area contributed by atoms with Gasteiger partial charge >= 0.3 is 0 Å². The molecule has 132 valence electrons. The summed E-state index contributed by atoms with van der Waals surface area (Å²) in [5.74, 6) is 1.24. The normalized spacial score (nSPS) is 32.7. The smallest absolute Gasteiger partial charge is 0.153 e. The molecule has 0 radical (unpaired) electrons. The molecule has 7 heteroatoms. The van der Waals surface area contributed by atoms with E-state index in [1.807, 2.05) is 12.1 Å². The molecule has 4 atom stereocenters. The van der Waals surface area contributed by atoms with Gasteiger partial charge < -0.3 is 14.8 Å². The third kappa shape index (κ3) is 2.15. The van der Waals surface area contributed by atoms with E-state index in [2.05, 4.69) is 15.7 Å². The minimum absolute atomic E-state index is 0.134. The molecule has 4 rings (SSSR count). The minimum Gasteiger partial charge on any atom is -0.499 e. The maximum atomic E-state index is 11.7. The van der Waals surface area contributed by atoms with Crippen LogP contribution in [0.25, 0.3) is 0 Å². The lowest BCUT2D eigenvalue weighted by molar-refractivity contribution is 0.113. The van der Waals surface area contributed by atoms with Gasteiger partial charge in [-0.3, -0.25) is 0 Å². The Bertz CT molecular complexity index is 763. The van der Waals surface area contributed by atoms with E-state index in [1.54, 1.807) is 20.3 Å². The number of rotatable bonds is 4. The van der Waals surface area contributed by atoms with Gasteiger partial charge in [0.1, 0.15) is 17.6 Å². The first-order chi connectivity index (χ1) is 12.2. The molecule has 2 bridgehead atoms. The third-order valence-electron chi connectivity index (χ3n) is 6.12. The quantitative estimate of drug-likeness (QED) is 0.849. The summed E-state index contributed by atoms with van der Waals surface area (Å²) in [6, 6.07) is 3.51. The van der Waals surface area contributed by atoms with Crippen molar-refractivity contribution >= 4 is 5.69 Å². The fourth-order valence-electron chi connectivity index (χ4n) is 5.12. The summed E-state index contributed by atoms with van der Waals surface area (Å²) >= 11 is 0. The molecule has 1 aliphatic heterocycles. The number of ether oxygens (including phenoxy) is 2. The molecule has 1 N–H and O–H groups in total. The Morgan fingerprint density at radius 3 is 2.76 bits per heavy atom. The van der Waals surface area contributed by atoms with Crippen molar-refractivity contribution in [1.29, 1.82) is 0 Å². The summed E-state index contributed by atoms with van der Waals surface area (Å²) in [5, 5.41) is 10.2. The Hall–Kier alpha value is -2.28. The molecule has 7 nitrogen and oxygen atoms in total. The molecule has 0 amide bonds. The zero-order valence-corrected chi connectivity index (χ0v) is 14.3. The lowest BCUT2D eigenvalue weighted by atomic mass is 9.53. The average molecular weight is 343 g/mol. The van der Waals surface area contributed by atoms with Crippen LogP contribution >= 0.6 is 0 Å². The van der Waals surface area contributed by atoms with Gasteiger partial charge in [0.2, 0.25) is 0 Å². The van der Waals surface area contributed by atoms with Crippen LogP contribution in [0.5, 0.6) is 5.75 Å². The Kier molecular flexibility index (Phi) is 3.83. The number of hydrogen-bond donors (Lipinski definition) is 1. The number of nitroso groups, excluding NO2 is 2. The highest BCUT2D eigenvalue weighted by molar-refractivity contribution is 5.66. The highest BCUT2D eigenvalue weighted by Gasteiger charge is 2.55. The number of hydrogen-bond acceptors (Lipinski definition) is 7. The molecule has 3 aliphatic rings. The molecular weight excluding hydrogens is 322 g/mol. The molecule has 4 unspecified atom stereocenters. The van der Waals surface area contributed by atoms with Crippen molar-refractivity contribution in [2.24, 2.45) is 16.3 Å². The van der Waals surface area contributed by atoms with Crippen LogP contribution < -0.4 is 10.1 Å². The first-order valence-electron chi connectivity index (χ1n) is 8.53. The van der Waals surface area contributed by atoms with Crippen LogP contribution in [0.4, 0.5) is 5.69 Å². The third-order valence-corrected chi connectivity index (χ3v) is 6.12. The van der Waals surface area contributed by atoms with Crippen molar-refractivity contribution in [2.45, 2.75) is 36.8 Å². The van der Waals surface area contributed by atoms with Gasteiger partial charge in [-0.25, -0.2) is 0 Å². The van der Waals surface area contributed by atoms with Crippen molar-refractivity contribution in [2.75, 3.05) is 20.8 Å². The van der Waals surface area contributed by atoms with E-state index in [9.17, 15) is 9.81 Å². The molecule has 1 aromatic carbocycles. The minimum atomic E-state index is -0.545. The molecule has 1 aromatic rings. The number of piperidine rings is 1. The van der Waals surface area contributed by atoms with Crippen LogP contribution in [0.15, 0.2) is 34.3 Å². The molecule has 1 fully saturated rings. The maximum Gasteiger partial charge on any atom is 0.153 e. The van der Waals surface area contributed by atoms with E-state index in [0.717, 1.165) is 30.5 Å². The monoisotopic (exact) mass is 343 g/mol. The SMILES string of the molecule is COC1=CC2C3Cc4ccc(OC)c(N=O)c4C2(CCN3)CC1N=O. The standard InChI is InChI=1S/C18H21N3O4/c1-24-14-4-3-10-7-12-11-8-15(25-2)13(20-22)9-18(11,5-6-19-12)16(10)17(14)21-23/h3-4,8,11-13,19H,5-7,9H2,1-2H3. The molecule has 0 aromatic heterocycles. The van der Waals surface area contributed by atoms with E-state index in [4.69, 9.17) is 9.47 Å². The Balaban J connectivity index is 1.98. The molecule has 0 spiro atoms. The van der Waals surface area contributed by atoms with E-state index in [-0.39, 0.29) is 17.4 Å². The van der Waals surface area contributed by atoms with Gasteiger partial charge in [-0.15, -0.1) is 4.91 Å². The Morgan fingerprint density at radius 1 is 1.24 bits per heavy atom. The van der Waals surface area contributed by atoms with Crippen LogP contribution in [0, 0.1) is 15.7 Å². The fraction of sp³-hybridized carbons (Fsp3) is 0.556. The topological polar surface area (TPSA) is 89.3 Å². The molecular formula is C18H21N3O4. The van der Waals surface area contributed by atoms with Gasteiger partial charge in [-0.05, 0) is 54.3 Å². The predicted octanol–water partition coefficient (Wildman–Crippen LogP) is 2.93. The second-order valence-corrected chi connectivity index (χ2v) is 7.04. The highest BCUT2D eigenvalue weighted by Crippen LogP contribution is 2.57. The summed E-state index contributed by atoms with van der Waals surface area (Å²) in [7, 11) is 3.11. The van der Waals surface area contributed by atoms with Gasteiger partial charge in [0.25, 0.3) is 0 Å². The van der Waals surface area contributed by atoms with E-state index < -0.39 is 6.04 Å². The maximum absolute atomic E-state index is 11.7. The molecule has 2 aliphatic carbocycles. The van der Waals surface area contributed by atoms with Crippen LogP contribution in [0.1, 0.15) is 24.0 Å². The largest absolute Gasteiger partial charge is 0.499 e. The molecule has 0 saturated carbocycles. The first-order valence-corrected chi connectivity index (χ1v) is 8.53. The summed E-state index contributed by atoms with van der Waals surface area (Å²) < 4.78 is 10.8. The van der Waals surface area contributed by atoms with E-state index in [0.29, 0.717) is 23.6 Å². The number of nitrogens with zero attached hydrogens (tertiary/aromatic N) is 2. The fourth-order valence-corrected chi connectivity index (χ4v) is 5.12. The van der Waals surface area contributed by atoms with Gasteiger partial charge in [-0.1, -0.05) is 11.2 Å².